The van der Waals surface area contributed by atoms with Crippen LogP contribution in [0.1, 0.15) is 13.8 Å². The second-order valence-corrected chi connectivity index (χ2v) is 7.63. The predicted molar refractivity (Wildman–Crippen MR) is 85.1 cm³/mol. The van der Waals surface area contributed by atoms with Crippen LogP contribution >= 0.6 is 0 Å². The van der Waals surface area contributed by atoms with Crippen molar-refractivity contribution in [1.82, 2.24) is 14.1 Å². The fraction of sp³-hybridized carbons (Fsp3) is 0.923. The summed E-state index contributed by atoms with van der Waals surface area (Å²) >= 11 is 0. The topological polar surface area (TPSA) is 65.5 Å². The summed E-state index contributed by atoms with van der Waals surface area (Å²) in [7, 11) is 2.40. The largest absolute Gasteiger partial charge is 0.378 e. The molecular weight excluding hydrogens is 292 g/mol. The van der Waals surface area contributed by atoms with E-state index in [-0.39, 0.29) is 18.5 Å². The Morgan fingerprint density at radius 3 is 2.24 bits per heavy atom. The van der Waals surface area contributed by atoms with E-state index in [1.807, 2.05) is 32.8 Å². The lowest BCUT2D eigenvalue weighted by molar-refractivity contribution is 0.0904. The molecule has 1 fully saturated rings. The standard InChI is InChI=1S/C13H28N4O3S/c1-12(2)20-10-11-21(18,19)17-8-6-16(7-9-17)13(14-3)15(4)5/h12H,6-11H2,1-5H3. The van der Waals surface area contributed by atoms with E-state index in [1.54, 1.807) is 11.4 Å². The van der Waals surface area contributed by atoms with E-state index in [9.17, 15) is 8.42 Å². The number of ether oxygens (including phenoxy) is 1. The van der Waals surface area contributed by atoms with Gasteiger partial charge in [-0.1, -0.05) is 0 Å². The quantitative estimate of drug-likeness (QED) is 0.523. The lowest BCUT2D eigenvalue weighted by atomic mass is 10.4. The second-order valence-electron chi connectivity index (χ2n) is 5.54. The van der Waals surface area contributed by atoms with Crippen LogP contribution in [0.25, 0.3) is 0 Å². The van der Waals surface area contributed by atoms with E-state index in [4.69, 9.17) is 4.74 Å². The monoisotopic (exact) mass is 320 g/mol. The fourth-order valence-electron chi connectivity index (χ4n) is 2.31. The molecule has 0 aromatic heterocycles. The van der Waals surface area contributed by atoms with Gasteiger partial charge in [-0.3, -0.25) is 4.99 Å². The molecule has 1 heterocycles. The maximum absolute atomic E-state index is 12.2. The van der Waals surface area contributed by atoms with Gasteiger partial charge in [-0.05, 0) is 13.8 Å². The highest BCUT2D eigenvalue weighted by Crippen LogP contribution is 2.10. The van der Waals surface area contributed by atoms with Crippen LogP contribution in [-0.4, -0.2) is 94.3 Å². The minimum Gasteiger partial charge on any atom is -0.378 e. The molecule has 0 atom stereocenters. The molecule has 1 aliphatic heterocycles. The Bertz CT molecular complexity index is 440. The highest BCUT2D eigenvalue weighted by molar-refractivity contribution is 7.89. The van der Waals surface area contributed by atoms with Gasteiger partial charge < -0.3 is 14.5 Å². The molecular formula is C13H28N4O3S. The van der Waals surface area contributed by atoms with Crippen molar-refractivity contribution in [3.8, 4) is 0 Å². The average molecular weight is 320 g/mol. The minimum atomic E-state index is -3.23. The maximum atomic E-state index is 12.2. The van der Waals surface area contributed by atoms with Gasteiger partial charge in [0.2, 0.25) is 10.0 Å². The van der Waals surface area contributed by atoms with Crippen LogP contribution in [-0.2, 0) is 14.8 Å². The molecule has 0 bridgehead atoms. The first-order chi connectivity index (χ1) is 9.77. The third-order valence-corrected chi connectivity index (χ3v) is 5.14. The molecule has 1 saturated heterocycles. The predicted octanol–water partition coefficient (Wildman–Crippen LogP) is -0.0938. The van der Waals surface area contributed by atoms with Crippen LogP contribution in [0.5, 0.6) is 0 Å². The molecule has 0 N–H and O–H groups in total. The molecule has 7 nitrogen and oxygen atoms in total. The van der Waals surface area contributed by atoms with Crippen molar-refractivity contribution in [2.75, 3.05) is 59.7 Å². The molecule has 8 heteroatoms. The smallest absolute Gasteiger partial charge is 0.216 e. The lowest BCUT2D eigenvalue weighted by Gasteiger charge is -2.37. The Labute approximate surface area is 128 Å². The summed E-state index contributed by atoms with van der Waals surface area (Å²) in [5.41, 5.74) is 0. The number of aliphatic imine (C=N–C) groups is 1. The van der Waals surface area contributed by atoms with Crippen LogP contribution in [0.4, 0.5) is 0 Å². The molecule has 124 valence electrons. The summed E-state index contributed by atoms with van der Waals surface area (Å²) in [6.45, 7) is 6.37. The molecule has 0 unspecified atom stereocenters. The highest BCUT2D eigenvalue weighted by atomic mass is 32.2. The molecule has 0 radical (unpaired) electrons. The second kappa shape index (κ2) is 7.95. The first-order valence-corrected chi connectivity index (χ1v) is 8.87. The number of nitrogens with zero attached hydrogens (tertiary/aromatic N) is 4. The van der Waals surface area contributed by atoms with Gasteiger partial charge in [-0.2, -0.15) is 4.31 Å². The average Bonchev–Trinajstić information content (AvgIpc) is 2.39. The van der Waals surface area contributed by atoms with Crippen LogP contribution in [0.15, 0.2) is 4.99 Å². The molecule has 0 aliphatic carbocycles. The third kappa shape index (κ3) is 5.44. The van der Waals surface area contributed by atoms with Crippen LogP contribution in [0.3, 0.4) is 0 Å². The molecule has 0 amide bonds. The third-order valence-electron chi connectivity index (χ3n) is 3.31. The minimum absolute atomic E-state index is 0.0492. The first-order valence-electron chi connectivity index (χ1n) is 7.26. The van der Waals surface area contributed by atoms with E-state index in [0.29, 0.717) is 26.2 Å². The summed E-state index contributed by atoms with van der Waals surface area (Å²) < 4.78 is 31.4. The van der Waals surface area contributed by atoms with Crippen molar-refractivity contribution >= 4 is 16.0 Å². The molecule has 0 spiro atoms. The van der Waals surface area contributed by atoms with Crippen molar-refractivity contribution < 1.29 is 13.2 Å². The molecule has 0 aromatic carbocycles. The zero-order valence-electron chi connectivity index (χ0n) is 13.7. The first kappa shape index (κ1) is 18.2. The van der Waals surface area contributed by atoms with Gasteiger partial charge in [-0.25, -0.2) is 8.42 Å². The van der Waals surface area contributed by atoms with E-state index in [1.165, 1.54) is 0 Å². The number of piperazine rings is 1. The van der Waals surface area contributed by atoms with Gasteiger partial charge in [0.05, 0.1) is 18.5 Å². The SMILES string of the molecule is CN=C(N(C)C)N1CCN(S(=O)(=O)CCOC(C)C)CC1. The Balaban J connectivity index is 2.52. The van der Waals surface area contributed by atoms with E-state index < -0.39 is 10.0 Å². The van der Waals surface area contributed by atoms with Crippen LogP contribution < -0.4 is 0 Å². The van der Waals surface area contributed by atoms with Crippen molar-refractivity contribution in [3.63, 3.8) is 0 Å². The van der Waals surface area contributed by atoms with Crippen molar-refractivity contribution in [2.24, 2.45) is 4.99 Å². The molecule has 1 aliphatic rings. The summed E-state index contributed by atoms with van der Waals surface area (Å²) in [6, 6.07) is 0. The number of hydrogen-bond acceptors (Lipinski definition) is 4. The Morgan fingerprint density at radius 1 is 1.24 bits per heavy atom. The zero-order valence-corrected chi connectivity index (χ0v) is 14.6. The Morgan fingerprint density at radius 2 is 1.81 bits per heavy atom. The molecule has 1 rings (SSSR count). The maximum Gasteiger partial charge on any atom is 0.216 e. The van der Waals surface area contributed by atoms with Crippen molar-refractivity contribution in [3.05, 3.63) is 0 Å². The molecule has 0 aromatic rings. The van der Waals surface area contributed by atoms with Gasteiger partial charge in [0, 0.05) is 47.3 Å². The van der Waals surface area contributed by atoms with Gasteiger partial charge in [0.25, 0.3) is 0 Å². The van der Waals surface area contributed by atoms with E-state index >= 15 is 0 Å². The van der Waals surface area contributed by atoms with Crippen molar-refractivity contribution in [2.45, 2.75) is 20.0 Å². The van der Waals surface area contributed by atoms with E-state index in [2.05, 4.69) is 9.89 Å². The summed E-state index contributed by atoms with van der Waals surface area (Å²) in [5.74, 6) is 0.934. The zero-order chi connectivity index (χ0) is 16.0. The highest BCUT2D eigenvalue weighted by Gasteiger charge is 2.28. The molecule has 21 heavy (non-hydrogen) atoms. The fourth-order valence-corrected chi connectivity index (χ4v) is 3.59. The number of sulfonamides is 1. The van der Waals surface area contributed by atoms with Crippen LogP contribution in [0, 0.1) is 0 Å². The number of hydrogen-bond donors (Lipinski definition) is 0. The van der Waals surface area contributed by atoms with Crippen LogP contribution in [0.2, 0.25) is 0 Å². The normalized spacial score (nSPS) is 18.4. The van der Waals surface area contributed by atoms with Crippen molar-refractivity contribution in [1.29, 1.82) is 0 Å². The van der Waals surface area contributed by atoms with Gasteiger partial charge >= 0.3 is 0 Å². The van der Waals surface area contributed by atoms with Gasteiger partial charge in [0.1, 0.15) is 0 Å². The Kier molecular flexibility index (Phi) is 6.89. The van der Waals surface area contributed by atoms with E-state index in [0.717, 1.165) is 5.96 Å². The summed E-state index contributed by atoms with van der Waals surface area (Å²) in [5, 5.41) is 0. The summed E-state index contributed by atoms with van der Waals surface area (Å²) in [4.78, 5) is 8.30. The lowest BCUT2D eigenvalue weighted by Crippen LogP contribution is -2.53. The van der Waals surface area contributed by atoms with Gasteiger partial charge in [-0.15, -0.1) is 0 Å². The Hall–Kier alpha value is -0.860. The van der Waals surface area contributed by atoms with Gasteiger partial charge in [0.15, 0.2) is 5.96 Å². The number of guanidine groups is 1. The number of rotatable bonds is 5. The summed E-state index contributed by atoms with van der Waals surface area (Å²) in [6.07, 6.45) is 0.0560. The molecule has 0 saturated carbocycles.